The Kier molecular flexibility index (Phi) is 5.28. The van der Waals surface area contributed by atoms with Crippen molar-refractivity contribution in [2.75, 3.05) is 38.2 Å². The van der Waals surface area contributed by atoms with Crippen molar-refractivity contribution in [3.8, 4) is 17.3 Å². The average Bonchev–Trinajstić information content (AvgIpc) is 3.23. The molecule has 29 heavy (non-hydrogen) atoms. The van der Waals surface area contributed by atoms with E-state index >= 15 is 0 Å². The molecule has 2 saturated heterocycles. The third-order valence-corrected chi connectivity index (χ3v) is 7.08. The third kappa shape index (κ3) is 3.91. The molecular formula is C21H26N6OS. The number of anilines is 1. The number of rotatable bonds is 4. The molecule has 0 aliphatic carbocycles. The minimum Gasteiger partial charge on any atom is -0.480 e. The Balaban J connectivity index is 1.30. The van der Waals surface area contributed by atoms with E-state index in [2.05, 4.69) is 30.8 Å². The number of pyridine rings is 1. The number of thiazole rings is 1. The van der Waals surface area contributed by atoms with E-state index in [9.17, 15) is 0 Å². The summed E-state index contributed by atoms with van der Waals surface area (Å²) in [7, 11) is 1.59. The topological polar surface area (TPSA) is 67.3 Å². The zero-order valence-corrected chi connectivity index (χ0v) is 17.6. The van der Waals surface area contributed by atoms with Crippen molar-refractivity contribution in [1.82, 2.24) is 24.8 Å². The Morgan fingerprint density at radius 3 is 2.45 bits per heavy atom. The standard InChI is InChI=1S/C21H26N6OS/c1-28-20-14-23-17(12-24-20)16-11-19-18(13-22-16)25-21(29-19)27-9-5-15(6-10-27)26-7-3-2-4-8-26/h11-15H,2-10H2,1H3. The van der Waals surface area contributed by atoms with Gasteiger partial charge in [0.2, 0.25) is 5.88 Å². The van der Waals surface area contributed by atoms with E-state index in [0.29, 0.717) is 5.88 Å². The van der Waals surface area contributed by atoms with Crippen LogP contribution in [0.1, 0.15) is 32.1 Å². The highest BCUT2D eigenvalue weighted by Crippen LogP contribution is 2.33. The number of fused-ring (bicyclic) bond motifs is 1. The minimum absolute atomic E-state index is 0.503. The largest absolute Gasteiger partial charge is 0.480 e. The van der Waals surface area contributed by atoms with Gasteiger partial charge in [0, 0.05) is 19.1 Å². The fourth-order valence-electron chi connectivity index (χ4n) is 4.35. The van der Waals surface area contributed by atoms with E-state index in [4.69, 9.17) is 9.72 Å². The number of aromatic nitrogens is 4. The summed E-state index contributed by atoms with van der Waals surface area (Å²) in [5, 5.41) is 1.11. The van der Waals surface area contributed by atoms with E-state index in [0.717, 1.165) is 45.9 Å². The molecule has 2 aliphatic heterocycles. The monoisotopic (exact) mass is 410 g/mol. The summed E-state index contributed by atoms with van der Waals surface area (Å²) in [6, 6.07) is 2.82. The summed E-state index contributed by atoms with van der Waals surface area (Å²) in [6.07, 6.45) is 11.8. The first kappa shape index (κ1) is 18.7. The van der Waals surface area contributed by atoms with E-state index in [1.54, 1.807) is 30.8 Å². The van der Waals surface area contributed by atoms with Crippen molar-refractivity contribution < 1.29 is 4.74 Å². The van der Waals surface area contributed by atoms with Crippen LogP contribution in [-0.4, -0.2) is 64.2 Å². The number of hydrogen-bond acceptors (Lipinski definition) is 8. The molecule has 0 amide bonds. The molecule has 5 heterocycles. The van der Waals surface area contributed by atoms with Crippen LogP contribution < -0.4 is 9.64 Å². The second-order valence-electron chi connectivity index (χ2n) is 7.79. The van der Waals surface area contributed by atoms with Crippen LogP contribution in [0.15, 0.2) is 24.7 Å². The molecule has 2 fully saturated rings. The van der Waals surface area contributed by atoms with Crippen LogP contribution in [0.4, 0.5) is 5.13 Å². The van der Waals surface area contributed by atoms with Gasteiger partial charge in [-0.3, -0.25) is 4.98 Å². The maximum Gasteiger partial charge on any atom is 0.232 e. The zero-order chi connectivity index (χ0) is 19.6. The third-order valence-electron chi connectivity index (χ3n) is 6.01. The molecule has 3 aromatic rings. The summed E-state index contributed by atoms with van der Waals surface area (Å²) in [4.78, 5) is 23.2. The molecule has 0 spiro atoms. The predicted octanol–water partition coefficient (Wildman–Crippen LogP) is 3.61. The van der Waals surface area contributed by atoms with E-state index in [1.807, 2.05) is 6.20 Å². The van der Waals surface area contributed by atoms with Gasteiger partial charge in [-0.25, -0.2) is 15.0 Å². The number of nitrogens with zero attached hydrogens (tertiary/aromatic N) is 6. The van der Waals surface area contributed by atoms with Crippen LogP contribution in [0.5, 0.6) is 5.88 Å². The Bertz CT molecular complexity index is 961. The molecule has 2 aliphatic rings. The normalized spacial score (nSPS) is 19.0. The van der Waals surface area contributed by atoms with Crippen LogP contribution in [0, 0.1) is 0 Å². The van der Waals surface area contributed by atoms with Crippen molar-refractivity contribution in [2.45, 2.75) is 38.1 Å². The first-order valence-electron chi connectivity index (χ1n) is 10.4. The molecule has 0 saturated carbocycles. The summed E-state index contributed by atoms with van der Waals surface area (Å²) in [5.41, 5.74) is 2.50. The second-order valence-corrected chi connectivity index (χ2v) is 8.80. The van der Waals surface area contributed by atoms with Crippen LogP contribution in [0.2, 0.25) is 0 Å². The Morgan fingerprint density at radius 2 is 1.72 bits per heavy atom. The van der Waals surface area contributed by atoms with Gasteiger partial charge in [-0.2, -0.15) is 0 Å². The zero-order valence-electron chi connectivity index (χ0n) is 16.8. The van der Waals surface area contributed by atoms with Gasteiger partial charge in [-0.15, -0.1) is 0 Å². The molecule has 0 aromatic carbocycles. The molecule has 8 heteroatoms. The van der Waals surface area contributed by atoms with Gasteiger partial charge in [0.25, 0.3) is 0 Å². The number of likely N-dealkylation sites (tertiary alicyclic amines) is 1. The lowest BCUT2D eigenvalue weighted by atomic mass is 10.0. The van der Waals surface area contributed by atoms with Crippen LogP contribution in [-0.2, 0) is 0 Å². The van der Waals surface area contributed by atoms with Crippen molar-refractivity contribution in [3.05, 3.63) is 24.7 Å². The highest BCUT2D eigenvalue weighted by Gasteiger charge is 2.26. The molecule has 7 nitrogen and oxygen atoms in total. The predicted molar refractivity (Wildman–Crippen MR) is 116 cm³/mol. The van der Waals surface area contributed by atoms with Crippen molar-refractivity contribution in [1.29, 1.82) is 0 Å². The number of hydrogen-bond donors (Lipinski definition) is 0. The van der Waals surface area contributed by atoms with Crippen molar-refractivity contribution in [2.24, 2.45) is 0 Å². The summed E-state index contributed by atoms with van der Waals surface area (Å²) in [5.74, 6) is 0.503. The van der Waals surface area contributed by atoms with Gasteiger partial charge in [0.05, 0.1) is 36.1 Å². The number of methoxy groups -OCH3 is 1. The van der Waals surface area contributed by atoms with E-state index < -0.39 is 0 Å². The number of piperidine rings is 2. The molecule has 0 N–H and O–H groups in total. The molecule has 0 unspecified atom stereocenters. The number of ether oxygens (including phenoxy) is 1. The van der Waals surface area contributed by atoms with Gasteiger partial charge in [0.1, 0.15) is 11.2 Å². The summed E-state index contributed by atoms with van der Waals surface area (Å²) < 4.78 is 6.22. The second kappa shape index (κ2) is 8.20. The van der Waals surface area contributed by atoms with E-state index in [-0.39, 0.29) is 0 Å². The maximum atomic E-state index is 5.08. The molecule has 0 atom stereocenters. The van der Waals surface area contributed by atoms with Gasteiger partial charge >= 0.3 is 0 Å². The van der Waals surface area contributed by atoms with Gasteiger partial charge < -0.3 is 14.5 Å². The van der Waals surface area contributed by atoms with Gasteiger partial charge in [0.15, 0.2) is 5.13 Å². The molecule has 0 radical (unpaired) electrons. The maximum absolute atomic E-state index is 5.08. The smallest absolute Gasteiger partial charge is 0.232 e. The first-order chi connectivity index (χ1) is 14.3. The Labute approximate surface area is 174 Å². The molecular weight excluding hydrogens is 384 g/mol. The lowest BCUT2D eigenvalue weighted by Gasteiger charge is -2.40. The summed E-state index contributed by atoms with van der Waals surface area (Å²) in [6.45, 7) is 4.75. The molecule has 152 valence electrons. The minimum atomic E-state index is 0.503. The van der Waals surface area contributed by atoms with Gasteiger partial charge in [-0.05, 0) is 44.8 Å². The van der Waals surface area contributed by atoms with Crippen LogP contribution in [0.3, 0.4) is 0 Å². The van der Waals surface area contributed by atoms with Gasteiger partial charge in [-0.1, -0.05) is 17.8 Å². The average molecular weight is 411 g/mol. The molecule has 5 rings (SSSR count). The fraction of sp³-hybridized carbons (Fsp3) is 0.524. The highest BCUT2D eigenvalue weighted by molar-refractivity contribution is 7.22. The highest BCUT2D eigenvalue weighted by atomic mass is 32.1. The quantitative estimate of drug-likeness (QED) is 0.651. The fourth-order valence-corrected chi connectivity index (χ4v) is 5.38. The summed E-state index contributed by atoms with van der Waals surface area (Å²) >= 11 is 1.75. The SMILES string of the molecule is COc1cnc(-c2cc3sc(N4CCC(N5CCCCC5)CC4)nc3cn2)cn1. The first-order valence-corrected chi connectivity index (χ1v) is 11.2. The van der Waals surface area contributed by atoms with Crippen LogP contribution in [0.25, 0.3) is 21.6 Å². The van der Waals surface area contributed by atoms with Crippen LogP contribution >= 0.6 is 11.3 Å². The Morgan fingerprint density at radius 1 is 0.931 bits per heavy atom. The molecule has 3 aromatic heterocycles. The molecule has 0 bridgehead atoms. The lowest BCUT2D eigenvalue weighted by molar-refractivity contribution is 0.141. The van der Waals surface area contributed by atoms with Crippen molar-refractivity contribution >= 4 is 26.7 Å². The lowest BCUT2D eigenvalue weighted by Crippen LogP contribution is -2.46. The van der Waals surface area contributed by atoms with E-state index in [1.165, 1.54) is 45.2 Å². The Hall–Kier alpha value is -2.32. The van der Waals surface area contributed by atoms with Crippen molar-refractivity contribution in [3.63, 3.8) is 0 Å².